The van der Waals surface area contributed by atoms with Gasteiger partial charge in [-0.1, -0.05) is 30.3 Å². The van der Waals surface area contributed by atoms with E-state index in [0.717, 1.165) is 18.0 Å². The van der Waals surface area contributed by atoms with E-state index in [1.165, 1.54) is 44.2 Å². The highest BCUT2D eigenvalue weighted by Gasteiger charge is 2.38. The zero-order chi connectivity index (χ0) is 11.7. The lowest BCUT2D eigenvalue weighted by Crippen LogP contribution is -2.38. The number of hydrogen-bond donors (Lipinski definition) is 0. The number of nitrogens with zero attached hydrogens (tertiary/aromatic N) is 1. The van der Waals surface area contributed by atoms with Crippen LogP contribution in [0.25, 0.3) is 0 Å². The van der Waals surface area contributed by atoms with Crippen molar-refractivity contribution in [3.8, 4) is 0 Å². The molecule has 2 fully saturated rings. The molecule has 17 heavy (non-hydrogen) atoms. The van der Waals surface area contributed by atoms with Crippen LogP contribution in [0.1, 0.15) is 38.2 Å². The lowest BCUT2D eigenvalue weighted by atomic mass is 10.1. The van der Waals surface area contributed by atoms with E-state index in [1.807, 2.05) is 0 Å². The molecule has 92 valence electrons. The normalized spacial score (nSPS) is 21.8. The van der Waals surface area contributed by atoms with Crippen LogP contribution in [0.4, 0.5) is 0 Å². The van der Waals surface area contributed by atoms with Gasteiger partial charge in [-0.25, -0.2) is 0 Å². The maximum absolute atomic E-state index is 2.78. The molecule has 0 saturated heterocycles. The standard InChI is InChI=1S/C16H23N/c1-13(15-7-8-15)17(16-9-10-16)12-11-14-5-3-2-4-6-14/h2-6,13,15-16H,7-12H2,1H3. The van der Waals surface area contributed by atoms with Gasteiger partial charge in [0.05, 0.1) is 0 Å². The van der Waals surface area contributed by atoms with Gasteiger partial charge in [0.2, 0.25) is 0 Å². The summed E-state index contributed by atoms with van der Waals surface area (Å²) in [5, 5.41) is 0. The Morgan fingerprint density at radius 3 is 2.41 bits per heavy atom. The van der Waals surface area contributed by atoms with Crippen molar-refractivity contribution in [1.82, 2.24) is 4.90 Å². The summed E-state index contributed by atoms with van der Waals surface area (Å²) in [5.41, 5.74) is 1.49. The third-order valence-corrected chi connectivity index (χ3v) is 4.34. The lowest BCUT2D eigenvalue weighted by molar-refractivity contribution is 0.182. The summed E-state index contributed by atoms with van der Waals surface area (Å²) >= 11 is 0. The SMILES string of the molecule is CC(C1CC1)N(CCc1ccccc1)C1CC1. The van der Waals surface area contributed by atoms with Crippen LogP contribution >= 0.6 is 0 Å². The maximum Gasteiger partial charge on any atom is 0.00994 e. The third kappa shape index (κ3) is 2.90. The molecule has 0 bridgehead atoms. The lowest BCUT2D eigenvalue weighted by Gasteiger charge is -2.29. The van der Waals surface area contributed by atoms with Crippen molar-refractivity contribution in [1.29, 1.82) is 0 Å². The van der Waals surface area contributed by atoms with Crippen molar-refractivity contribution >= 4 is 0 Å². The Morgan fingerprint density at radius 2 is 1.82 bits per heavy atom. The van der Waals surface area contributed by atoms with Crippen LogP contribution in [-0.2, 0) is 6.42 Å². The van der Waals surface area contributed by atoms with Gasteiger partial charge in [0.25, 0.3) is 0 Å². The molecule has 2 aliphatic rings. The van der Waals surface area contributed by atoms with Gasteiger partial charge in [-0.3, -0.25) is 4.90 Å². The first-order chi connectivity index (χ1) is 8.34. The maximum atomic E-state index is 2.78. The minimum Gasteiger partial charge on any atom is -0.297 e. The van der Waals surface area contributed by atoms with E-state index in [4.69, 9.17) is 0 Å². The molecule has 0 aliphatic heterocycles. The van der Waals surface area contributed by atoms with E-state index < -0.39 is 0 Å². The molecule has 1 heteroatoms. The fraction of sp³-hybridized carbons (Fsp3) is 0.625. The van der Waals surface area contributed by atoms with Crippen LogP contribution in [0, 0.1) is 5.92 Å². The van der Waals surface area contributed by atoms with Gasteiger partial charge in [0.15, 0.2) is 0 Å². The van der Waals surface area contributed by atoms with Crippen molar-refractivity contribution in [2.45, 2.75) is 51.1 Å². The summed E-state index contributed by atoms with van der Waals surface area (Å²) in [6.07, 6.45) is 7.03. The fourth-order valence-corrected chi connectivity index (χ4v) is 2.88. The first-order valence-electron chi connectivity index (χ1n) is 7.14. The Balaban J connectivity index is 1.57. The van der Waals surface area contributed by atoms with E-state index in [1.54, 1.807) is 0 Å². The molecule has 0 N–H and O–H groups in total. The molecule has 2 saturated carbocycles. The molecular formula is C16H23N. The Hall–Kier alpha value is -0.820. The summed E-state index contributed by atoms with van der Waals surface area (Å²) < 4.78 is 0. The second kappa shape index (κ2) is 4.81. The highest BCUT2D eigenvalue weighted by molar-refractivity contribution is 5.15. The topological polar surface area (TPSA) is 3.24 Å². The van der Waals surface area contributed by atoms with Gasteiger partial charge < -0.3 is 0 Å². The van der Waals surface area contributed by atoms with E-state index in [0.29, 0.717) is 0 Å². The zero-order valence-corrected chi connectivity index (χ0v) is 10.8. The molecule has 1 nitrogen and oxygen atoms in total. The largest absolute Gasteiger partial charge is 0.297 e. The average Bonchev–Trinajstić information content (AvgIpc) is 3.22. The Labute approximate surface area is 105 Å². The molecule has 2 aliphatic carbocycles. The molecular weight excluding hydrogens is 206 g/mol. The Bertz CT molecular complexity index is 351. The van der Waals surface area contributed by atoms with Crippen LogP contribution < -0.4 is 0 Å². The van der Waals surface area contributed by atoms with Gasteiger partial charge in [-0.15, -0.1) is 0 Å². The van der Waals surface area contributed by atoms with Gasteiger partial charge in [-0.05, 0) is 50.5 Å². The predicted octanol–water partition coefficient (Wildman–Crippen LogP) is 3.49. The van der Waals surface area contributed by atoms with Crippen LogP contribution in [0.3, 0.4) is 0 Å². The summed E-state index contributed by atoms with van der Waals surface area (Å²) in [6, 6.07) is 12.7. The van der Waals surface area contributed by atoms with Crippen LogP contribution in [0.5, 0.6) is 0 Å². The molecule has 1 unspecified atom stereocenters. The highest BCUT2D eigenvalue weighted by atomic mass is 15.2. The van der Waals surface area contributed by atoms with E-state index in [9.17, 15) is 0 Å². The van der Waals surface area contributed by atoms with E-state index >= 15 is 0 Å². The molecule has 0 spiro atoms. The van der Waals surface area contributed by atoms with Crippen molar-refractivity contribution in [3.63, 3.8) is 0 Å². The van der Waals surface area contributed by atoms with Crippen molar-refractivity contribution < 1.29 is 0 Å². The summed E-state index contributed by atoms with van der Waals surface area (Å²) in [7, 11) is 0. The first kappa shape index (κ1) is 11.3. The van der Waals surface area contributed by atoms with Gasteiger partial charge >= 0.3 is 0 Å². The Morgan fingerprint density at radius 1 is 1.12 bits per heavy atom. The molecule has 1 atom stereocenters. The smallest absolute Gasteiger partial charge is 0.00994 e. The Kier molecular flexibility index (Phi) is 3.19. The van der Waals surface area contributed by atoms with Crippen molar-refractivity contribution in [2.75, 3.05) is 6.54 Å². The third-order valence-electron chi connectivity index (χ3n) is 4.34. The van der Waals surface area contributed by atoms with Gasteiger partial charge in [-0.2, -0.15) is 0 Å². The molecule has 0 amide bonds. The molecule has 1 aromatic carbocycles. The molecule has 0 radical (unpaired) electrons. The van der Waals surface area contributed by atoms with Crippen LogP contribution in [0.2, 0.25) is 0 Å². The van der Waals surface area contributed by atoms with Crippen molar-refractivity contribution in [2.24, 2.45) is 5.92 Å². The van der Waals surface area contributed by atoms with E-state index in [2.05, 4.69) is 42.2 Å². The van der Waals surface area contributed by atoms with Gasteiger partial charge in [0.1, 0.15) is 0 Å². The quantitative estimate of drug-likeness (QED) is 0.721. The number of hydrogen-bond acceptors (Lipinski definition) is 1. The number of rotatable bonds is 6. The van der Waals surface area contributed by atoms with Crippen molar-refractivity contribution in [3.05, 3.63) is 35.9 Å². The summed E-state index contributed by atoms with van der Waals surface area (Å²) in [4.78, 5) is 2.78. The summed E-state index contributed by atoms with van der Waals surface area (Å²) in [6.45, 7) is 3.70. The van der Waals surface area contributed by atoms with Crippen LogP contribution in [0.15, 0.2) is 30.3 Å². The highest BCUT2D eigenvalue weighted by Crippen LogP contribution is 2.39. The average molecular weight is 229 g/mol. The predicted molar refractivity (Wildman–Crippen MR) is 72.1 cm³/mol. The van der Waals surface area contributed by atoms with Gasteiger partial charge in [0, 0.05) is 18.6 Å². The second-order valence-corrected chi connectivity index (χ2v) is 5.78. The zero-order valence-electron chi connectivity index (χ0n) is 10.8. The minimum atomic E-state index is 0.825. The molecule has 0 heterocycles. The minimum absolute atomic E-state index is 0.825. The fourth-order valence-electron chi connectivity index (χ4n) is 2.88. The molecule has 0 aromatic heterocycles. The first-order valence-corrected chi connectivity index (χ1v) is 7.14. The molecule has 3 rings (SSSR count). The van der Waals surface area contributed by atoms with E-state index in [-0.39, 0.29) is 0 Å². The number of benzene rings is 1. The molecule has 1 aromatic rings. The monoisotopic (exact) mass is 229 g/mol. The van der Waals surface area contributed by atoms with Crippen LogP contribution in [-0.4, -0.2) is 23.5 Å². The summed E-state index contributed by atoms with van der Waals surface area (Å²) in [5.74, 6) is 1.01. The second-order valence-electron chi connectivity index (χ2n) is 5.78.